The summed E-state index contributed by atoms with van der Waals surface area (Å²) in [6.07, 6.45) is 0. The zero-order valence-electron chi connectivity index (χ0n) is 15.5. The van der Waals surface area contributed by atoms with Crippen molar-refractivity contribution < 1.29 is 22.3 Å². The molecule has 0 unspecified atom stereocenters. The van der Waals surface area contributed by atoms with Crippen LogP contribution in [-0.2, 0) is 14.8 Å². The highest BCUT2D eigenvalue weighted by molar-refractivity contribution is 7.89. The molecule has 2 aromatic carbocycles. The maximum atomic E-state index is 13.0. The molecule has 2 rings (SSSR count). The number of sulfonamides is 1. The van der Waals surface area contributed by atoms with Crippen LogP contribution in [0.4, 0.5) is 4.39 Å². The van der Waals surface area contributed by atoms with Crippen LogP contribution in [-0.4, -0.2) is 38.8 Å². The summed E-state index contributed by atoms with van der Waals surface area (Å²) in [4.78, 5) is 12.3. The molecule has 0 spiro atoms. The van der Waals surface area contributed by atoms with Gasteiger partial charge in [-0.25, -0.2) is 12.8 Å². The summed E-state index contributed by atoms with van der Waals surface area (Å²) in [5.41, 5.74) is 0.724. The van der Waals surface area contributed by atoms with Crippen LogP contribution in [0.25, 0.3) is 0 Å². The first-order valence-corrected chi connectivity index (χ1v) is 9.92. The zero-order valence-corrected chi connectivity index (χ0v) is 16.3. The number of halogens is 1. The van der Waals surface area contributed by atoms with Crippen molar-refractivity contribution in [3.63, 3.8) is 0 Å². The monoisotopic (exact) mass is 394 g/mol. The summed E-state index contributed by atoms with van der Waals surface area (Å²) >= 11 is 0. The van der Waals surface area contributed by atoms with Crippen LogP contribution in [0.1, 0.15) is 25.5 Å². The molecule has 6 nitrogen and oxygen atoms in total. The van der Waals surface area contributed by atoms with Crippen LogP contribution in [0.15, 0.2) is 53.4 Å². The van der Waals surface area contributed by atoms with E-state index < -0.39 is 15.9 Å². The minimum Gasteiger partial charge on any atom is -0.494 e. The van der Waals surface area contributed by atoms with Crippen LogP contribution in [0.5, 0.6) is 5.75 Å². The first kappa shape index (κ1) is 20.9. The molecule has 2 aromatic rings. The van der Waals surface area contributed by atoms with Gasteiger partial charge in [0.05, 0.1) is 24.1 Å². The fraction of sp³-hybridized carbons (Fsp3) is 0.316. The maximum Gasteiger partial charge on any atom is 0.243 e. The van der Waals surface area contributed by atoms with E-state index in [2.05, 4.69) is 5.32 Å². The van der Waals surface area contributed by atoms with Gasteiger partial charge in [0.1, 0.15) is 11.6 Å². The average Bonchev–Trinajstić information content (AvgIpc) is 2.62. The van der Waals surface area contributed by atoms with Crippen LogP contribution >= 0.6 is 0 Å². The molecule has 0 aromatic heterocycles. The molecule has 8 heteroatoms. The van der Waals surface area contributed by atoms with Gasteiger partial charge < -0.3 is 10.1 Å². The van der Waals surface area contributed by atoms with Gasteiger partial charge in [0.15, 0.2) is 0 Å². The van der Waals surface area contributed by atoms with E-state index in [9.17, 15) is 17.6 Å². The number of hydrogen-bond acceptors (Lipinski definition) is 4. The van der Waals surface area contributed by atoms with Gasteiger partial charge in [-0.1, -0.05) is 12.1 Å². The Labute approximate surface area is 159 Å². The lowest BCUT2D eigenvalue weighted by Gasteiger charge is -2.19. The number of carbonyl (C=O) groups is 1. The molecule has 0 saturated carbocycles. The number of rotatable bonds is 8. The first-order chi connectivity index (χ1) is 12.7. The molecule has 0 bridgehead atoms. The van der Waals surface area contributed by atoms with E-state index in [0.717, 1.165) is 9.87 Å². The number of benzene rings is 2. The Kier molecular flexibility index (Phi) is 6.92. The van der Waals surface area contributed by atoms with E-state index >= 15 is 0 Å². The fourth-order valence-corrected chi connectivity index (χ4v) is 3.59. The van der Waals surface area contributed by atoms with E-state index in [4.69, 9.17) is 4.74 Å². The number of carbonyl (C=O) groups excluding carboxylic acids is 1. The molecule has 146 valence electrons. The normalized spacial score (nSPS) is 12.6. The Bertz CT molecular complexity index is 868. The third kappa shape index (κ3) is 5.51. The molecule has 0 aliphatic rings. The summed E-state index contributed by atoms with van der Waals surface area (Å²) in [6.45, 7) is 3.73. The van der Waals surface area contributed by atoms with Gasteiger partial charge in [-0.3, -0.25) is 4.79 Å². The standard InChI is InChI=1S/C19H23FN2O4S/c1-4-26-17-9-11-18(12-10-17)27(24,25)22(3)13-19(23)21-14(2)15-5-7-16(20)8-6-15/h5-12,14H,4,13H2,1-3H3,(H,21,23)/t14-/m1/s1. The van der Waals surface area contributed by atoms with E-state index in [-0.39, 0.29) is 23.3 Å². The molecular formula is C19H23FN2O4S. The van der Waals surface area contributed by atoms with Gasteiger partial charge in [-0.05, 0) is 55.8 Å². The number of nitrogens with one attached hydrogen (secondary N) is 1. The largest absolute Gasteiger partial charge is 0.494 e. The molecule has 0 aliphatic heterocycles. The van der Waals surface area contributed by atoms with Crippen LogP contribution in [0.3, 0.4) is 0 Å². The Hall–Kier alpha value is -2.45. The number of amides is 1. The van der Waals surface area contributed by atoms with Crippen molar-refractivity contribution in [2.24, 2.45) is 0 Å². The predicted octanol–water partition coefficient (Wildman–Crippen LogP) is 2.72. The minimum absolute atomic E-state index is 0.0767. The Balaban J connectivity index is 2.00. The lowest BCUT2D eigenvalue weighted by atomic mass is 10.1. The van der Waals surface area contributed by atoms with Gasteiger partial charge in [0.25, 0.3) is 0 Å². The molecule has 1 atom stereocenters. The summed E-state index contributed by atoms with van der Waals surface area (Å²) < 4.78 is 44.4. The van der Waals surface area contributed by atoms with E-state index in [0.29, 0.717) is 12.4 Å². The number of likely N-dealkylation sites (N-methyl/N-ethyl adjacent to an activating group) is 1. The van der Waals surface area contributed by atoms with Gasteiger partial charge in [-0.2, -0.15) is 4.31 Å². The molecule has 0 saturated heterocycles. The van der Waals surface area contributed by atoms with Crippen LogP contribution in [0.2, 0.25) is 0 Å². The maximum absolute atomic E-state index is 13.0. The predicted molar refractivity (Wildman–Crippen MR) is 100 cm³/mol. The van der Waals surface area contributed by atoms with Gasteiger partial charge in [0, 0.05) is 7.05 Å². The quantitative estimate of drug-likeness (QED) is 0.747. The van der Waals surface area contributed by atoms with Crippen LogP contribution in [0, 0.1) is 5.82 Å². The molecule has 0 fully saturated rings. The SMILES string of the molecule is CCOc1ccc(S(=O)(=O)N(C)CC(=O)N[C@H](C)c2ccc(F)cc2)cc1. The van der Waals surface area contributed by atoms with E-state index in [1.807, 2.05) is 6.92 Å². The van der Waals surface area contributed by atoms with Crippen molar-refractivity contribution in [3.8, 4) is 5.75 Å². The van der Waals surface area contributed by atoms with Crippen molar-refractivity contribution >= 4 is 15.9 Å². The van der Waals surface area contributed by atoms with E-state index in [1.165, 1.54) is 31.3 Å². The molecular weight excluding hydrogens is 371 g/mol. The summed E-state index contributed by atoms with van der Waals surface area (Å²) in [5, 5.41) is 2.71. The average molecular weight is 394 g/mol. The number of ether oxygens (including phenoxy) is 1. The van der Waals surface area contributed by atoms with Crippen LogP contribution < -0.4 is 10.1 Å². The second-order valence-electron chi connectivity index (χ2n) is 6.01. The van der Waals surface area contributed by atoms with E-state index in [1.54, 1.807) is 31.2 Å². The second-order valence-corrected chi connectivity index (χ2v) is 8.05. The van der Waals surface area contributed by atoms with Crippen molar-refractivity contribution in [2.75, 3.05) is 20.2 Å². The van der Waals surface area contributed by atoms with Crippen molar-refractivity contribution in [1.29, 1.82) is 0 Å². The number of hydrogen-bond donors (Lipinski definition) is 1. The van der Waals surface area contributed by atoms with Gasteiger partial charge in [-0.15, -0.1) is 0 Å². The summed E-state index contributed by atoms with van der Waals surface area (Å²) in [6, 6.07) is 11.4. The third-order valence-corrected chi connectivity index (χ3v) is 5.77. The third-order valence-electron chi connectivity index (χ3n) is 3.96. The lowest BCUT2D eigenvalue weighted by molar-refractivity contribution is -0.121. The minimum atomic E-state index is -3.80. The molecule has 1 amide bonds. The zero-order chi connectivity index (χ0) is 20.0. The summed E-state index contributed by atoms with van der Waals surface area (Å²) in [7, 11) is -2.46. The smallest absolute Gasteiger partial charge is 0.243 e. The van der Waals surface area contributed by atoms with Crippen molar-refractivity contribution in [1.82, 2.24) is 9.62 Å². The Morgan fingerprint density at radius 3 is 2.30 bits per heavy atom. The molecule has 0 radical (unpaired) electrons. The molecule has 1 N–H and O–H groups in total. The Morgan fingerprint density at radius 2 is 1.74 bits per heavy atom. The van der Waals surface area contributed by atoms with Gasteiger partial charge in [0.2, 0.25) is 15.9 Å². The van der Waals surface area contributed by atoms with Crippen molar-refractivity contribution in [2.45, 2.75) is 24.8 Å². The second kappa shape index (κ2) is 8.96. The highest BCUT2D eigenvalue weighted by atomic mass is 32.2. The highest BCUT2D eigenvalue weighted by Crippen LogP contribution is 2.19. The number of nitrogens with zero attached hydrogens (tertiary/aromatic N) is 1. The highest BCUT2D eigenvalue weighted by Gasteiger charge is 2.23. The topological polar surface area (TPSA) is 75.7 Å². The Morgan fingerprint density at radius 1 is 1.15 bits per heavy atom. The molecule has 27 heavy (non-hydrogen) atoms. The molecule has 0 aliphatic carbocycles. The first-order valence-electron chi connectivity index (χ1n) is 8.48. The van der Waals surface area contributed by atoms with Gasteiger partial charge >= 0.3 is 0 Å². The molecule has 0 heterocycles. The fourth-order valence-electron chi connectivity index (χ4n) is 2.46. The van der Waals surface area contributed by atoms with Crippen molar-refractivity contribution in [3.05, 3.63) is 59.9 Å². The summed E-state index contributed by atoms with van der Waals surface area (Å²) in [5.74, 6) is -0.243. The lowest BCUT2D eigenvalue weighted by Crippen LogP contribution is -2.39.